The smallest absolute Gasteiger partial charge is 0.488 e. The summed E-state index contributed by atoms with van der Waals surface area (Å²) in [5.74, 6) is -1.23. The Bertz CT molecular complexity index is 1680. The summed E-state index contributed by atoms with van der Waals surface area (Å²) in [6.07, 6.45) is 1.60. The number of rotatable bonds is 18. The number of phosphoric acid groups is 1. The van der Waals surface area contributed by atoms with Crippen molar-refractivity contribution in [1.29, 1.82) is 0 Å². The largest absolute Gasteiger partial charge is 0.493 e. The fourth-order valence-electron chi connectivity index (χ4n) is 4.18. The molecule has 0 aliphatic carbocycles. The lowest BCUT2D eigenvalue weighted by Crippen LogP contribution is -2.29. The summed E-state index contributed by atoms with van der Waals surface area (Å²) in [6, 6.07) is 8.47. The van der Waals surface area contributed by atoms with Crippen LogP contribution in [0.4, 0.5) is 26.1 Å². The number of phosphoric ester groups is 1. The third-order valence-electron chi connectivity index (χ3n) is 6.24. The summed E-state index contributed by atoms with van der Waals surface area (Å²) in [5.41, 5.74) is 0.680. The molecule has 1 amide bonds. The molecule has 0 saturated heterocycles. The molecule has 248 valence electrons. The molecule has 0 radical (unpaired) electrons. The fraction of sp³-hybridized carbons (Fsp3) is 0.357. The van der Waals surface area contributed by atoms with Crippen LogP contribution >= 0.6 is 7.82 Å². The minimum absolute atomic E-state index is 0.0154. The second-order valence-corrected chi connectivity index (χ2v) is 10.9. The number of fused-ring (bicyclic) bond motifs is 1. The summed E-state index contributed by atoms with van der Waals surface area (Å²) in [4.78, 5) is 30.8. The van der Waals surface area contributed by atoms with Crippen LogP contribution in [0.3, 0.4) is 0 Å². The second-order valence-electron chi connectivity index (χ2n) is 9.56. The molecule has 0 saturated carbocycles. The zero-order valence-electron chi connectivity index (χ0n) is 25.3. The molecule has 4 aromatic rings. The van der Waals surface area contributed by atoms with Crippen LogP contribution in [0, 0.1) is 11.6 Å². The monoisotopic (exact) mass is 665 g/mol. The summed E-state index contributed by atoms with van der Waals surface area (Å²) in [5, 5.41) is 14.2. The topological polar surface area (TPSA) is 182 Å². The maximum Gasteiger partial charge on any atom is 0.488 e. The normalized spacial score (nSPS) is 12.7. The van der Waals surface area contributed by atoms with E-state index in [0.29, 0.717) is 46.2 Å². The molecule has 0 aliphatic heterocycles. The standard InChI is InChI=1S/C28H34F2N7O8P/c1-4-44-46(39,40)45-37(10-12-41-2)9-6-11-43-24-16-22-19(15-23(24)42-3)28(32-17-31-22)34-25-13-18(35-36-25)14-26(38)33-21-8-5-7-20(29)27(21)30/h5,7-8,13,15-17H,4,6,9-12,14H2,1-3H3,(H,33,38)(H,39,40)(H2,31,32,34,35,36). The van der Waals surface area contributed by atoms with E-state index in [1.807, 2.05) is 0 Å². The lowest BCUT2D eigenvalue weighted by molar-refractivity contribution is -0.115. The van der Waals surface area contributed by atoms with Crippen molar-refractivity contribution in [2.24, 2.45) is 0 Å². The van der Waals surface area contributed by atoms with E-state index in [4.69, 9.17) is 23.4 Å². The van der Waals surface area contributed by atoms with Gasteiger partial charge in [-0.1, -0.05) is 6.07 Å². The number of carbonyl (C=O) groups excluding carboxylic acids is 1. The van der Waals surface area contributed by atoms with Gasteiger partial charge in [0, 0.05) is 43.4 Å². The quantitative estimate of drug-likeness (QED) is 0.0669. The molecule has 1 unspecified atom stereocenters. The van der Waals surface area contributed by atoms with Gasteiger partial charge in [-0.15, -0.1) is 0 Å². The van der Waals surface area contributed by atoms with Crippen LogP contribution < -0.4 is 20.1 Å². The van der Waals surface area contributed by atoms with Gasteiger partial charge >= 0.3 is 7.82 Å². The number of nitrogens with one attached hydrogen (secondary N) is 3. The summed E-state index contributed by atoms with van der Waals surface area (Å²) >= 11 is 0. The highest BCUT2D eigenvalue weighted by atomic mass is 31.2. The Labute approximate surface area is 262 Å². The fourth-order valence-corrected chi connectivity index (χ4v) is 5.01. The number of carbonyl (C=O) groups is 1. The number of aromatic amines is 1. The van der Waals surface area contributed by atoms with Gasteiger partial charge in [-0.25, -0.2) is 23.3 Å². The van der Waals surface area contributed by atoms with Crippen LogP contribution in [0.15, 0.2) is 42.7 Å². The molecular weight excluding hydrogens is 631 g/mol. The van der Waals surface area contributed by atoms with Gasteiger partial charge in [-0.2, -0.15) is 14.8 Å². The number of hydroxylamine groups is 2. The Balaban J connectivity index is 1.38. The number of anilines is 3. The van der Waals surface area contributed by atoms with Crippen molar-refractivity contribution in [3.05, 3.63) is 60.1 Å². The van der Waals surface area contributed by atoms with Crippen molar-refractivity contribution >= 4 is 42.0 Å². The molecule has 0 aliphatic rings. The molecule has 1 atom stereocenters. The first-order chi connectivity index (χ1) is 22.1. The maximum atomic E-state index is 13.9. The Morgan fingerprint density at radius 1 is 1.11 bits per heavy atom. The van der Waals surface area contributed by atoms with Gasteiger partial charge in [-0.05, 0) is 31.5 Å². The molecule has 0 fully saturated rings. The van der Waals surface area contributed by atoms with E-state index < -0.39 is 25.4 Å². The highest BCUT2D eigenvalue weighted by Crippen LogP contribution is 2.44. The minimum Gasteiger partial charge on any atom is -0.493 e. The van der Waals surface area contributed by atoms with Gasteiger partial charge in [0.25, 0.3) is 0 Å². The number of methoxy groups -OCH3 is 2. The number of amides is 1. The predicted molar refractivity (Wildman–Crippen MR) is 163 cm³/mol. The summed E-state index contributed by atoms with van der Waals surface area (Å²) in [6.45, 7) is 2.57. The van der Waals surface area contributed by atoms with E-state index in [9.17, 15) is 23.0 Å². The number of hydrogen-bond acceptors (Lipinski definition) is 12. The number of nitrogens with zero attached hydrogens (tertiary/aromatic N) is 4. The molecule has 46 heavy (non-hydrogen) atoms. The average molecular weight is 666 g/mol. The third kappa shape index (κ3) is 9.62. The zero-order chi connectivity index (χ0) is 33.1. The number of benzene rings is 2. The minimum atomic E-state index is -4.25. The Morgan fingerprint density at radius 3 is 2.70 bits per heavy atom. The molecule has 2 heterocycles. The van der Waals surface area contributed by atoms with Crippen molar-refractivity contribution in [2.75, 3.05) is 57.8 Å². The van der Waals surface area contributed by atoms with Crippen molar-refractivity contribution in [2.45, 2.75) is 19.8 Å². The van der Waals surface area contributed by atoms with E-state index in [1.54, 1.807) is 25.1 Å². The first-order valence-corrected chi connectivity index (χ1v) is 15.5. The molecule has 15 nitrogen and oxygen atoms in total. The summed E-state index contributed by atoms with van der Waals surface area (Å²) < 4.78 is 65.8. The van der Waals surface area contributed by atoms with Crippen LogP contribution in [0.5, 0.6) is 11.5 Å². The number of ether oxygens (including phenoxy) is 3. The second kappa shape index (κ2) is 16.4. The van der Waals surface area contributed by atoms with Crippen molar-refractivity contribution in [3.8, 4) is 11.5 Å². The SMILES string of the molecule is CCOP(=O)(O)ON(CCCOc1cc2ncnc(Nc3cc(CC(=O)Nc4cccc(F)c4F)[nH]n3)c2cc1OC)CCOC. The molecule has 2 aromatic heterocycles. The van der Waals surface area contributed by atoms with E-state index in [-0.39, 0.29) is 45.0 Å². The number of H-pyrrole nitrogens is 1. The Morgan fingerprint density at radius 2 is 1.93 bits per heavy atom. The van der Waals surface area contributed by atoms with Gasteiger partial charge in [-0.3, -0.25) is 14.4 Å². The van der Waals surface area contributed by atoms with Crippen LogP contribution in [-0.2, 0) is 29.7 Å². The molecule has 18 heteroatoms. The van der Waals surface area contributed by atoms with E-state index in [1.165, 1.54) is 37.7 Å². The van der Waals surface area contributed by atoms with Crippen LogP contribution in [0.1, 0.15) is 19.0 Å². The Hall–Kier alpha value is -4.25. The molecule has 2 aromatic carbocycles. The number of halogens is 2. The summed E-state index contributed by atoms with van der Waals surface area (Å²) in [7, 11) is -1.25. The van der Waals surface area contributed by atoms with Crippen LogP contribution in [0.25, 0.3) is 10.9 Å². The maximum absolute atomic E-state index is 13.9. The molecule has 4 N–H and O–H groups in total. The van der Waals surface area contributed by atoms with Gasteiger partial charge < -0.3 is 29.7 Å². The van der Waals surface area contributed by atoms with Crippen molar-refractivity contribution in [1.82, 2.24) is 25.2 Å². The lowest BCUT2D eigenvalue weighted by Gasteiger charge is -2.23. The lowest BCUT2D eigenvalue weighted by atomic mass is 10.2. The van der Waals surface area contributed by atoms with Crippen molar-refractivity contribution < 1.29 is 46.4 Å². The predicted octanol–water partition coefficient (Wildman–Crippen LogP) is 4.35. The molecule has 0 bridgehead atoms. The molecular formula is C28H34F2N7O8P. The molecule has 4 rings (SSSR count). The third-order valence-corrected chi connectivity index (χ3v) is 7.26. The van der Waals surface area contributed by atoms with Gasteiger partial charge in [0.15, 0.2) is 29.0 Å². The molecule has 0 spiro atoms. The van der Waals surface area contributed by atoms with Gasteiger partial charge in [0.2, 0.25) is 5.91 Å². The number of hydrogen-bond donors (Lipinski definition) is 4. The van der Waals surface area contributed by atoms with Crippen molar-refractivity contribution in [3.63, 3.8) is 0 Å². The number of aromatic nitrogens is 4. The van der Waals surface area contributed by atoms with Crippen LogP contribution in [-0.4, -0.2) is 83.2 Å². The van der Waals surface area contributed by atoms with E-state index in [0.717, 1.165) is 6.07 Å². The van der Waals surface area contributed by atoms with E-state index >= 15 is 0 Å². The first-order valence-electron chi connectivity index (χ1n) is 14.0. The first kappa shape index (κ1) is 34.6. The van der Waals surface area contributed by atoms with Gasteiger partial charge in [0.05, 0.1) is 44.6 Å². The Kier molecular flexibility index (Phi) is 12.3. The highest BCUT2D eigenvalue weighted by molar-refractivity contribution is 7.47. The average Bonchev–Trinajstić information content (AvgIpc) is 3.46. The highest BCUT2D eigenvalue weighted by Gasteiger charge is 2.25. The van der Waals surface area contributed by atoms with E-state index in [2.05, 4.69) is 30.8 Å². The zero-order valence-corrected chi connectivity index (χ0v) is 26.2. The van der Waals surface area contributed by atoms with Crippen LogP contribution in [0.2, 0.25) is 0 Å². The van der Waals surface area contributed by atoms with Gasteiger partial charge in [0.1, 0.15) is 12.1 Å².